The molecule has 4 aromatic carbocycles. The first-order chi connectivity index (χ1) is 23.8. The van der Waals surface area contributed by atoms with Gasteiger partial charge in [0.05, 0.1) is 8.07 Å². The topological polar surface area (TPSA) is 25.8 Å². The second kappa shape index (κ2) is 15.9. The van der Waals surface area contributed by atoms with Crippen molar-refractivity contribution >= 4 is 44.8 Å². The van der Waals surface area contributed by atoms with E-state index < -0.39 is 8.07 Å². The zero-order chi connectivity index (χ0) is 35.6. The molecule has 51 heavy (non-hydrogen) atoms. The van der Waals surface area contributed by atoms with Crippen LogP contribution in [0.2, 0.25) is 19.6 Å². The molecule has 263 valence electrons. The quantitative estimate of drug-likeness (QED) is 0.123. The van der Waals surface area contributed by atoms with Crippen LogP contribution < -0.4 is 5.19 Å². The largest absolute Gasteiger partial charge is 0.305 e. The first-order valence-electron chi connectivity index (χ1n) is 17.6. The smallest absolute Gasteiger partial charge is 0.0798 e. The average Bonchev–Trinajstić information content (AvgIpc) is 3.46. The minimum absolute atomic E-state index is 0. The van der Waals surface area contributed by atoms with Gasteiger partial charge in [-0.15, -0.1) is 59.7 Å². The molecule has 3 heterocycles. The van der Waals surface area contributed by atoms with Gasteiger partial charge in [-0.2, -0.15) is 11.3 Å². The van der Waals surface area contributed by atoms with Crippen LogP contribution in [-0.2, 0) is 26.5 Å². The van der Waals surface area contributed by atoms with Gasteiger partial charge in [-0.3, -0.25) is 0 Å². The Labute approximate surface area is 323 Å². The standard InChI is InChI=1S/C27H22NS.C19H26NSi.Ir/c1-17(2)23-15-25(28-16-18(23)3)22-11-7-10-21-24-14-20(19-8-5-4-6-9-19)12-13-26(24)29-27(21)22;1-19(2,3)13-16-12-17(15-10-8-7-9-11-15)20-14-18(16)21(4,5)6;/h4-10,12-17H,1-3H3;7-10,12,14H,13H2,1-6H3;/q2*-1;. The minimum atomic E-state index is -1.37. The van der Waals surface area contributed by atoms with Crippen molar-refractivity contribution in [3.63, 3.8) is 0 Å². The van der Waals surface area contributed by atoms with Crippen LogP contribution in [-0.4, -0.2) is 18.0 Å². The molecule has 0 spiro atoms. The number of hydrogen-bond donors (Lipinski definition) is 0. The van der Waals surface area contributed by atoms with Gasteiger partial charge < -0.3 is 9.97 Å². The second-order valence-electron chi connectivity index (χ2n) is 15.8. The van der Waals surface area contributed by atoms with Crippen LogP contribution in [0.4, 0.5) is 0 Å². The van der Waals surface area contributed by atoms with Crippen LogP contribution >= 0.6 is 11.3 Å². The Morgan fingerprint density at radius 3 is 2.14 bits per heavy atom. The number of aromatic nitrogens is 2. The van der Waals surface area contributed by atoms with E-state index in [1.807, 2.05) is 41.8 Å². The van der Waals surface area contributed by atoms with Gasteiger partial charge in [0.25, 0.3) is 0 Å². The van der Waals surface area contributed by atoms with E-state index in [1.165, 1.54) is 53.2 Å². The third kappa shape index (κ3) is 9.02. The van der Waals surface area contributed by atoms with Gasteiger partial charge in [-0.1, -0.05) is 114 Å². The molecule has 7 rings (SSSR count). The van der Waals surface area contributed by atoms with Crippen LogP contribution in [0.5, 0.6) is 0 Å². The maximum absolute atomic E-state index is 4.75. The van der Waals surface area contributed by atoms with Crippen molar-refractivity contribution in [2.45, 2.75) is 73.5 Å². The summed E-state index contributed by atoms with van der Waals surface area (Å²) in [6, 6.07) is 40.9. The number of hydrogen-bond acceptors (Lipinski definition) is 3. The van der Waals surface area contributed by atoms with Crippen molar-refractivity contribution in [3.8, 4) is 33.6 Å². The molecule has 0 bridgehead atoms. The molecule has 2 nitrogen and oxygen atoms in total. The number of benzene rings is 4. The summed E-state index contributed by atoms with van der Waals surface area (Å²) in [5.41, 5.74) is 11.1. The Hall–Kier alpha value is -3.73. The zero-order valence-electron chi connectivity index (χ0n) is 31.3. The summed E-state index contributed by atoms with van der Waals surface area (Å²) in [5.74, 6) is 0.479. The van der Waals surface area contributed by atoms with E-state index in [0.29, 0.717) is 5.92 Å². The molecule has 0 atom stereocenters. The predicted molar refractivity (Wildman–Crippen MR) is 220 cm³/mol. The van der Waals surface area contributed by atoms with Crippen molar-refractivity contribution in [3.05, 3.63) is 138 Å². The van der Waals surface area contributed by atoms with Gasteiger partial charge in [0.1, 0.15) is 0 Å². The van der Waals surface area contributed by atoms with Crippen molar-refractivity contribution in [2.75, 3.05) is 0 Å². The average molecular weight is 881 g/mol. The maximum Gasteiger partial charge on any atom is 0.0798 e. The van der Waals surface area contributed by atoms with E-state index in [4.69, 9.17) is 9.97 Å². The summed E-state index contributed by atoms with van der Waals surface area (Å²) in [7, 11) is -1.37. The number of nitrogens with zero attached hydrogens (tertiary/aromatic N) is 2. The summed E-state index contributed by atoms with van der Waals surface area (Å²) < 4.78 is 2.57. The van der Waals surface area contributed by atoms with Crippen LogP contribution in [0.15, 0.2) is 109 Å². The number of thiophene rings is 1. The van der Waals surface area contributed by atoms with E-state index in [-0.39, 0.29) is 25.5 Å². The van der Waals surface area contributed by atoms with E-state index in [0.717, 1.165) is 28.9 Å². The third-order valence-corrected chi connectivity index (χ3v) is 12.3. The van der Waals surface area contributed by atoms with E-state index in [1.54, 1.807) is 0 Å². The fourth-order valence-corrected chi connectivity index (χ4v) is 9.39. The number of rotatable bonds is 6. The molecule has 0 N–H and O–H groups in total. The van der Waals surface area contributed by atoms with Crippen molar-refractivity contribution < 1.29 is 20.1 Å². The fraction of sp³-hybridized carbons (Fsp3) is 0.261. The normalized spacial score (nSPS) is 11.7. The van der Waals surface area contributed by atoms with Gasteiger partial charge in [-0.05, 0) is 85.7 Å². The summed E-state index contributed by atoms with van der Waals surface area (Å²) in [6.07, 6.45) is 5.20. The molecule has 7 aromatic rings. The number of aryl methyl sites for hydroxylation is 1. The van der Waals surface area contributed by atoms with E-state index in [9.17, 15) is 0 Å². The van der Waals surface area contributed by atoms with Crippen LogP contribution in [0.3, 0.4) is 0 Å². The molecule has 5 heteroatoms. The fourth-order valence-electron chi connectivity index (χ4n) is 6.63. The Balaban J connectivity index is 0.000000205. The van der Waals surface area contributed by atoms with E-state index in [2.05, 4.69) is 152 Å². The van der Waals surface area contributed by atoms with Gasteiger partial charge in [0, 0.05) is 37.2 Å². The molecule has 0 saturated carbocycles. The summed E-state index contributed by atoms with van der Waals surface area (Å²) >= 11 is 1.83. The molecule has 1 radical (unpaired) electrons. The SMILES string of the molecule is CC(C)(C)Cc1cc(-c2[c-]cccc2)ncc1[Si](C)(C)C.Cc1cnc(-c2[c-]ccc3c2sc2ccc(-c4ccccc4)cc23)cc1C(C)C.[Ir]. The van der Waals surface area contributed by atoms with Gasteiger partial charge in [-0.25, -0.2) is 0 Å². The molecule has 0 aliphatic carbocycles. The van der Waals surface area contributed by atoms with Crippen LogP contribution in [0.25, 0.3) is 53.8 Å². The van der Waals surface area contributed by atoms with Crippen LogP contribution in [0, 0.1) is 24.5 Å². The minimum Gasteiger partial charge on any atom is -0.305 e. The number of pyridine rings is 2. The molecule has 0 fully saturated rings. The Bertz CT molecular complexity index is 2240. The van der Waals surface area contributed by atoms with Gasteiger partial charge in [0.2, 0.25) is 0 Å². The Morgan fingerprint density at radius 1 is 0.745 bits per heavy atom. The molecular formula is C46H48IrN2SSi-2. The zero-order valence-corrected chi connectivity index (χ0v) is 35.5. The summed E-state index contributed by atoms with van der Waals surface area (Å²) in [5, 5.41) is 4.07. The molecule has 0 saturated heterocycles. The monoisotopic (exact) mass is 881 g/mol. The molecule has 0 unspecified atom stereocenters. The maximum atomic E-state index is 4.75. The van der Waals surface area contributed by atoms with Gasteiger partial charge in [0.15, 0.2) is 0 Å². The summed E-state index contributed by atoms with van der Waals surface area (Å²) in [4.78, 5) is 9.46. The first kappa shape index (κ1) is 38.5. The van der Waals surface area contributed by atoms with Crippen molar-refractivity contribution in [1.82, 2.24) is 9.97 Å². The summed E-state index contributed by atoms with van der Waals surface area (Å²) in [6.45, 7) is 20.7. The first-order valence-corrected chi connectivity index (χ1v) is 22.0. The molecular weight excluding hydrogens is 833 g/mol. The number of fused-ring (bicyclic) bond motifs is 3. The molecule has 0 aliphatic heterocycles. The van der Waals surface area contributed by atoms with E-state index >= 15 is 0 Å². The molecule has 3 aromatic heterocycles. The van der Waals surface area contributed by atoms with Gasteiger partial charge >= 0.3 is 0 Å². The second-order valence-corrected chi connectivity index (χ2v) is 21.9. The van der Waals surface area contributed by atoms with Crippen molar-refractivity contribution in [1.29, 1.82) is 0 Å². The molecule has 0 amide bonds. The Kier molecular flexibility index (Phi) is 12.0. The third-order valence-electron chi connectivity index (χ3n) is 9.06. The molecule has 0 aliphatic rings. The predicted octanol–water partition coefficient (Wildman–Crippen LogP) is 12.7. The van der Waals surface area contributed by atoms with Crippen LogP contribution in [0.1, 0.15) is 57.2 Å². The Morgan fingerprint density at radius 2 is 1.47 bits per heavy atom. The van der Waals surface area contributed by atoms with Crippen molar-refractivity contribution in [2.24, 2.45) is 5.41 Å².